The highest BCUT2D eigenvalue weighted by Crippen LogP contribution is 2.68. The van der Waals surface area contributed by atoms with Gasteiger partial charge in [-0.15, -0.1) is 6.58 Å². The van der Waals surface area contributed by atoms with Gasteiger partial charge in [-0.1, -0.05) is 26.8 Å². The van der Waals surface area contributed by atoms with Crippen LogP contribution in [0.1, 0.15) is 66.2 Å². The molecule has 3 aliphatic carbocycles. The number of rotatable bonds is 2. The van der Waals surface area contributed by atoms with Crippen LogP contribution in [0, 0.1) is 34.0 Å². The molecule has 3 fully saturated rings. The molecule has 130 valence electrons. The van der Waals surface area contributed by atoms with Crippen LogP contribution in [0.15, 0.2) is 12.7 Å². The third-order valence-electron chi connectivity index (χ3n) is 8.52. The number of hydrogen-bond donors (Lipinski definition) is 0. The van der Waals surface area contributed by atoms with Crippen molar-refractivity contribution in [2.24, 2.45) is 34.0 Å². The number of ketones is 1. The summed E-state index contributed by atoms with van der Waals surface area (Å²) in [6, 6.07) is 0. The topological polar surface area (TPSA) is 26.3 Å². The molecule has 0 N–H and O–H groups in total. The summed E-state index contributed by atoms with van der Waals surface area (Å²) in [5.41, 5.74) is 0.0548. The number of methoxy groups -OCH3 is 1. The quantitative estimate of drug-likeness (QED) is 0.668. The van der Waals surface area contributed by atoms with Gasteiger partial charge in [-0.2, -0.15) is 0 Å². The second kappa shape index (κ2) is 5.44. The molecule has 2 nitrogen and oxygen atoms in total. The Labute approximate surface area is 142 Å². The summed E-state index contributed by atoms with van der Waals surface area (Å²) in [5.74, 6) is 1.76. The molecular weight excluding hydrogens is 284 g/mol. The molecule has 2 bridgehead atoms. The Hall–Kier alpha value is -0.630. The average molecular weight is 319 g/mol. The van der Waals surface area contributed by atoms with Gasteiger partial charge in [0.05, 0.1) is 6.10 Å². The van der Waals surface area contributed by atoms with Gasteiger partial charge >= 0.3 is 0 Å². The molecule has 0 aromatic carbocycles. The first-order valence-electron chi connectivity index (χ1n) is 9.46. The Morgan fingerprint density at radius 3 is 2.39 bits per heavy atom. The van der Waals surface area contributed by atoms with E-state index in [4.69, 9.17) is 4.74 Å². The van der Waals surface area contributed by atoms with Gasteiger partial charge in [0.2, 0.25) is 0 Å². The lowest BCUT2D eigenvalue weighted by molar-refractivity contribution is -0.159. The second-order valence-electron chi connectivity index (χ2n) is 9.18. The lowest BCUT2D eigenvalue weighted by atomic mass is 9.45. The van der Waals surface area contributed by atoms with Crippen molar-refractivity contribution < 1.29 is 9.53 Å². The summed E-state index contributed by atoms with van der Waals surface area (Å²) in [4.78, 5) is 13.4. The van der Waals surface area contributed by atoms with Crippen LogP contribution in [0.2, 0.25) is 0 Å². The Balaban J connectivity index is 2.15. The van der Waals surface area contributed by atoms with Crippen LogP contribution in [0.25, 0.3) is 0 Å². The van der Waals surface area contributed by atoms with Crippen molar-refractivity contribution in [2.75, 3.05) is 7.11 Å². The Bertz CT molecular complexity index is 512. The highest BCUT2D eigenvalue weighted by atomic mass is 16.5. The zero-order valence-corrected chi connectivity index (χ0v) is 15.7. The minimum absolute atomic E-state index is 0.114. The number of carbonyl (C=O) groups is 1. The van der Waals surface area contributed by atoms with Gasteiger partial charge in [0.15, 0.2) is 0 Å². The fraction of sp³-hybridized carbons (Fsp3) is 0.857. The van der Waals surface area contributed by atoms with Gasteiger partial charge in [0, 0.05) is 18.4 Å². The lowest BCUT2D eigenvalue weighted by Gasteiger charge is -2.59. The van der Waals surface area contributed by atoms with E-state index in [1.54, 1.807) is 0 Å². The molecule has 0 spiro atoms. The monoisotopic (exact) mass is 318 g/mol. The summed E-state index contributed by atoms with van der Waals surface area (Å²) in [6.45, 7) is 13.2. The van der Waals surface area contributed by atoms with Crippen molar-refractivity contribution in [3.63, 3.8) is 0 Å². The summed E-state index contributed by atoms with van der Waals surface area (Å²) >= 11 is 0. The van der Waals surface area contributed by atoms with Crippen LogP contribution in [-0.4, -0.2) is 19.0 Å². The number of Topliss-reactive ketones (excluding diaryl/α,β-unsaturated/α-hetero) is 1. The summed E-state index contributed by atoms with van der Waals surface area (Å²) in [5, 5.41) is 0. The van der Waals surface area contributed by atoms with Crippen LogP contribution in [0.5, 0.6) is 0 Å². The normalized spacial score (nSPS) is 53.3. The Kier molecular flexibility index (Phi) is 4.07. The van der Waals surface area contributed by atoms with E-state index in [9.17, 15) is 4.79 Å². The van der Waals surface area contributed by atoms with Gasteiger partial charge in [-0.3, -0.25) is 4.79 Å². The maximum Gasteiger partial charge on any atom is 0.145 e. The summed E-state index contributed by atoms with van der Waals surface area (Å²) in [7, 11) is 1.87. The molecule has 2 heteroatoms. The molecule has 0 saturated heterocycles. The van der Waals surface area contributed by atoms with E-state index in [0.29, 0.717) is 23.7 Å². The molecule has 0 heterocycles. The van der Waals surface area contributed by atoms with Crippen molar-refractivity contribution >= 4 is 5.78 Å². The number of ether oxygens (including phenoxy) is 1. The maximum atomic E-state index is 13.4. The van der Waals surface area contributed by atoms with E-state index in [2.05, 4.69) is 34.3 Å². The molecule has 0 aromatic rings. The van der Waals surface area contributed by atoms with E-state index >= 15 is 0 Å². The SMILES string of the molecule is C=C[C@]1(C)CC[C@@]2(C)C3[C@H](OC)CC[C@@]3(CC[C@H]2C)[C@@H](C)C1=O. The average Bonchev–Trinajstić information content (AvgIpc) is 2.95. The van der Waals surface area contributed by atoms with Crippen molar-refractivity contribution in [3.05, 3.63) is 12.7 Å². The van der Waals surface area contributed by atoms with Gasteiger partial charge in [0.1, 0.15) is 5.78 Å². The van der Waals surface area contributed by atoms with Gasteiger partial charge in [0.25, 0.3) is 0 Å². The minimum atomic E-state index is -0.360. The number of allylic oxidation sites excluding steroid dienone is 1. The third kappa shape index (κ3) is 2.13. The van der Waals surface area contributed by atoms with Crippen molar-refractivity contribution in [1.29, 1.82) is 0 Å². The first-order chi connectivity index (χ1) is 10.7. The summed E-state index contributed by atoms with van der Waals surface area (Å²) in [6.07, 6.45) is 9.01. The summed E-state index contributed by atoms with van der Waals surface area (Å²) < 4.78 is 5.95. The van der Waals surface area contributed by atoms with Crippen molar-refractivity contribution in [3.8, 4) is 0 Å². The molecule has 3 rings (SSSR count). The Morgan fingerprint density at radius 1 is 1.13 bits per heavy atom. The fourth-order valence-electron chi connectivity index (χ4n) is 6.56. The highest BCUT2D eigenvalue weighted by molar-refractivity contribution is 5.89. The molecule has 0 amide bonds. The van der Waals surface area contributed by atoms with Crippen LogP contribution in [0.3, 0.4) is 0 Å². The molecule has 0 aliphatic heterocycles. The molecular formula is C21H34O2. The minimum Gasteiger partial charge on any atom is -0.381 e. The van der Waals surface area contributed by atoms with Crippen LogP contribution in [0.4, 0.5) is 0 Å². The molecule has 3 saturated carbocycles. The van der Waals surface area contributed by atoms with E-state index in [-0.39, 0.29) is 22.2 Å². The standard InChI is InChI=1S/C21H34O2/c1-7-19(4)12-13-20(5)14(2)8-10-21(15(3)18(19)22)11-9-16(23-6)17(20)21/h7,14-17H,1,8-13H2,2-6H3/t14-,15+,16-,17?,19-,20-,21+/m1/s1. The predicted octanol–water partition coefficient (Wildman–Crippen LogP) is 5.03. The van der Waals surface area contributed by atoms with Crippen LogP contribution in [-0.2, 0) is 9.53 Å². The zero-order valence-electron chi connectivity index (χ0n) is 15.7. The van der Waals surface area contributed by atoms with E-state index < -0.39 is 0 Å². The molecule has 1 unspecified atom stereocenters. The smallest absolute Gasteiger partial charge is 0.145 e. The molecule has 3 aliphatic rings. The van der Waals surface area contributed by atoms with E-state index in [1.165, 1.54) is 12.8 Å². The fourth-order valence-corrected chi connectivity index (χ4v) is 6.56. The number of carbonyl (C=O) groups excluding carboxylic acids is 1. The van der Waals surface area contributed by atoms with E-state index in [0.717, 1.165) is 25.7 Å². The second-order valence-corrected chi connectivity index (χ2v) is 9.18. The molecule has 0 radical (unpaired) electrons. The maximum absolute atomic E-state index is 13.4. The first kappa shape index (κ1) is 17.2. The van der Waals surface area contributed by atoms with Crippen molar-refractivity contribution in [1.82, 2.24) is 0 Å². The van der Waals surface area contributed by atoms with Gasteiger partial charge < -0.3 is 4.74 Å². The first-order valence-corrected chi connectivity index (χ1v) is 9.46. The zero-order chi connectivity index (χ0) is 17.0. The number of hydrogen-bond acceptors (Lipinski definition) is 2. The third-order valence-corrected chi connectivity index (χ3v) is 8.52. The Morgan fingerprint density at radius 2 is 1.78 bits per heavy atom. The van der Waals surface area contributed by atoms with E-state index in [1.807, 2.05) is 13.2 Å². The predicted molar refractivity (Wildman–Crippen MR) is 94.2 cm³/mol. The largest absolute Gasteiger partial charge is 0.381 e. The van der Waals surface area contributed by atoms with Crippen molar-refractivity contribution in [2.45, 2.75) is 72.3 Å². The molecule has 0 aromatic heterocycles. The molecule has 23 heavy (non-hydrogen) atoms. The van der Waals surface area contributed by atoms with Gasteiger partial charge in [-0.25, -0.2) is 0 Å². The van der Waals surface area contributed by atoms with Crippen LogP contribution < -0.4 is 0 Å². The molecule has 7 atom stereocenters. The van der Waals surface area contributed by atoms with Gasteiger partial charge in [-0.05, 0) is 68.1 Å². The lowest BCUT2D eigenvalue weighted by Crippen LogP contribution is -2.57. The highest BCUT2D eigenvalue weighted by Gasteiger charge is 2.65. The van der Waals surface area contributed by atoms with Crippen LogP contribution >= 0.6 is 0 Å².